The SMILES string of the molecule is Cc1ccc2c(c1)C1C(=O)OC(=O)C1C(COC(F)(F)F)C2C1CC(=O)OC1=O. The molecule has 2 heterocycles. The summed E-state index contributed by atoms with van der Waals surface area (Å²) >= 11 is 0. The number of aryl methyl sites for hydroxylation is 1. The Bertz CT molecular complexity index is 923. The van der Waals surface area contributed by atoms with Gasteiger partial charge in [0, 0.05) is 11.8 Å². The Balaban J connectivity index is 1.86. The average Bonchev–Trinajstić information content (AvgIpc) is 3.10. The van der Waals surface area contributed by atoms with Crippen molar-refractivity contribution in [2.45, 2.75) is 31.5 Å². The number of rotatable bonds is 3. The van der Waals surface area contributed by atoms with Gasteiger partial charge in [0.2, 0.25) is 0 Å². The molecule has 0 saturated carbocycles. The van der Waals surface area contributed by atoms with E-state index in [1.807, 2.05) is 0 Å². The lowest BCUT2D eigenvalue weighted by Crippen LogP contribution is -2.42. The number of cyclic esters (lactones) is 4. The highest BCUT2D eigenvalue weighted by Crippen LogP contribution is 2.54. The van der Waals surface area contributed by atoms with E-state index in [1.54, 1.807) is 25.1 Å². The van der Waals surface area contributed by atoms with Gasteiger partial charge in [-0.05, 0) is 18.1 Å². The molecule has 4 rings (SSSR count). The van der Waals surface area contributed by atoms with Crippen LogP contribution in [-0.2, 0) is 33.4 Å². The molecular weight excluding hydrogens is 397 g/mol. The highest BCUT2D eigenvalue weighted by Gasteiger charge is 2.59. The lowest BCUT2D eigenvalue weighted by atomic mass is 9.61. The number of carbonyl (C=O) groups excluding carboxylic acids is 4. The summed E-state index contributed by atoms with van der Waals surface area (Å²) in [4.78, 5) is 48.6. The van der Waals surface area contributed by atoms with E-state index in [4.69, 9.17) is 4.74 Å². The van der Waals surface area contributed by atoms with Crippen LogP contribution in [0.15, 0.2) is 18.2 Å². The molecular formula is C19H15F3O7. The average molecular weight is 412 g/mol. The largest absolute Gasteiger partial charge is 0.522 e. The van der Waals surface area contributed by atoms with E-state index >= 15 is 0 Å². The molecule has 0 aromatic heterocycles. The predicted octanol–water partition coefficient (Wildman–Crippen LogP) is 2.12. The number of esters is 4. The normalized spacial score (nSPS) is 31.4. The first-order chi connectivity index (χ1) is 13.6. The van der Waals surface area contributed by atoms with E-state index in [0.717, 1.165) is 5.56 Å². The second-order valence-electron chi connectivity index (χ2n) is 7.43. The third kappa shape index (κ3) is 3.31. The van der Waals surface area contributed by atoms with E-state index in [2.05, 4.69) is 9.47 Å². The van der Waals surface area contributed by atoms with Gasteiger partial charge >= 0.3 is 30.2 Å². The molecule has 5 unspecified atom stereocenters. The number of alkyl halides is 3. The Kier molecular flexibility index (Phi) is 4.49. The van der Waals surface area contributed by atoms with Gasteiger partial charge in [0.1, 0.15) is 0 Å². The quantitative estimate of drug-likeness (QED) is 0.554. The number of hydrogen-bond acceptors (Lipinski definition) is 7. The Labute approximate surface area is 162 Å². The second kappa shape index (κ2) is 6.65. The summed E-state index contributed by atoms with van der Waals surface area (Å²) in [6, 6.07) is 4.92. The topological polar surface area (TPSA) is 96.0 Å². The van der Waals surface area contributed by atoms with Gasteiger partial charge in [0.25, 0.3) is 0 Å². The van der Waals surface area contributed by atoms with E-state index in [9.17, 15) is 32.3 Å². The van der Waals surface area contributed by atoms with Crippen LogP contribution in [0.4, 0.5) is 13.2 Å². The molecule has 154 valence electrons. The van der Waals surface area contributed by atoms with Crippen LogP contribution in [0.1, 0.15) is 34.9 Å². The minimum absolute atomic E-state index is 0.334. The number of benzene rings is 1. The lowest BCUT2D eigenvalue weighted by molar-refractivity contribution is -0.330. The molecule has 2 fully saturated rings. The molecule has 2 aliphatic heterocycles. The maximum atomic E-state index is 12.8. The molecule has 3 aliphatic rings. The number of fused-ring (bicyclic) bond motifs is 3. The van der Waals surface area contributed by atoms with Gasteiger partial charge in [-0.2, -0.15) is 0 Å². The van der Waals surface area contributed by atoms with Crippen LogP contribution in [0.2, 0.25) is 0 Å². The maximum absolute atomic E-state index is 12.8. The fourth-order valence-electron chi connectivity index (χ4n) is 4.66. The zero-order chi connectivity index (χ0) is 21.1. The molecule has 2 saturated heterocycles. The highest BCUT2D eigenvalue weighted by molar-refractivity contribution is 6.01. The van der Waals surface area contributed by atoms with Crippen LogP contribution in [0.3, 0.4) is 0 Å². The summed E-state index contributed by atoms with van der Waals surface area (Å²) in [5.41, 5.74) is 1.57. The molecule has 1 aromatic carbocycles. The number of halogens is 3. The minimum Gasteiger partial charge on any atom is -0.393 e. The summed E-state index contributed by atoms with van der Waals surface area (Å²) in [5, 5.41) is 0. The molecule has 0 spiro atoms. The molecule has 1 aromatic rings. The standard InChI is InChI=1S/C19H15F3O7/c1-7-2-3-8-9(4-7)14-15(18(26)29-17(14)25)11(6-27-19(20,21)22)13(8)10-5-12(23)28-16(10)24/h2-4,10-11,13-15H,5-6H2,1H3. The van der Waals surface area contributed by atoms with Gasteiger partial charge in [-0.3, -0.25) is 23.9 Å². The van der Waals surface area contributed by atoms with Crippen LogP contribution in [-0.4, -0.2) is 36.8 Å². The minimum atomic E-state index is -4.98. The predicted molar refractivity (Wildman–Crippen MR) is 86.0 cm³/mol. The number of ether oxygens (including phenoxy) is 3. The van der Waals surface area contributed by atoms with Crippen molar-refractivity contribution in [2.75, 3.05) is 6.61 Å². The van der Waals surface area contributed by atoms with Crippen LogP contribution >= 0.6 is 0 Å². The van der Waals surface area contributed by atoms with Gasteiger partial charge in [-0.25, -0.2) is 0 Å². The van der Waals surface area contributed by atoms with Crippen molar-refractivity contribution in [2.24, 2.45) is 17.8 Å². The monoisotopic (exact) mass is 412 g/mol. The van der Waals surface area contributed by atoms with Crippen molar-refractivity contribution < 1.29 is 46.6 Å². The molecule has 0 N–H and O–H groups in total. The third-order valence-electron chi connectivity index (χ3n) is 5.72. The van der Waals surface area contributed by atoms with Gasteiger partial charge < -0.3 is 9.47 Å². The Morgan fingerprint density at radius 2 is 1.72 bits per heavy atom. The Hall–Kier alpha value is -2.75. The van der Waals surface area contributed by atoms with Crippen molar-refractivity contribution in [3.63, 3.8) is 0 Å². The molecule has 0 radical (unpaired) electrons. The van der Waals surface area contributed by atoms with E-state index < -0.39 is 66.4 Å². The molecule has 5 atom stereocenters. The number of carbonyl (C=O) groups is 4. The zero-order valence-electron chi connectivity index (χ0n) is 15.0. The van der Waals surface area contributed by atoms with Crippen molar-refractivity contribution in [1.82, 2.24) is 0 Å². The molecule has 0 amide bonds. The lowest BCUT2D eigenvalue weighted by Gasteiger charge is -2.40. The number of hydrogen-bond donors (Lipinski definition) is 0. The molecule has 7 nitrogen and oxygen atoms in total. The van der Waals surface area contributed by atoms with Crippen molar-refractivity contribution in [3.8, 4) is 0 Å². The summed E-state index contributed by atoms with van der Waals surface area (Å²) < 4.78 is 51.6. The molecule has 10 heteroatoms. The van der Waals surface area contributed by atoms with Crippen molar-refractivity contribution >= 4 is 23.9 Å². The highest BCUT2D eigenvalue weighted by atomic mass is 19.4. The fourth-order valence-corrected chi connectivity index (χ4v) is 4.66. The van der Waals surface area contributed by atoms with Crippen LogP contribution in [0.25, 0.3) is 0 Å². The van der Waals surface area contributed by atoms with Gasteiger partial charge in [-0.15, -0.1) is 13.2 Å². The Morgan fingerprint density at radius 1 is 1.00 bits per heavy atom. The van der Waals surface area contributed by atoms with Crippen molar-refractivity contribution in [1.29, 1.82) is 0 Å². The summed E-state index contributed by atoms with van der Waals surface area (Å²) in [6.07, 6.45) is -5.31. The summed E-state index contributed by atoms with van der Waals surface area (Å²) in [7, 11) is 0. The molecule has 29 heavy (non-hydrogen) atoms. The van der Waals surface area contributed by atoms with Crippen LogP contribution in [0.5, 0.6) is 0 Å². The maximum Gasteiger partial charge on any atom is 0.522 e. The molecule has 1 aliphatic carbocycles. The zero-order valence-corrected chi connectivity index (χ0v) is 15.0. The van der Waals surface area contributed by atoms with E-state index in [0.29, 0.717) is 11.1 Å². The van der Waals surface area contributed by atoms with Gasteiger partial charge in [-0.1, -0.05) is 23.8 Å². The third-order valence-corrected chi connectivity index (χ3v) is 5.72. The first-order valence-corrected chi connectivity index (χ1v) is 8.88. The fraction of sp³-hybridized carbons (Fsp3) is 0.474. The van der Waals surface area contributed by atoms with Gasteiger partial charge in [0.05, 0.1) is 30.8 Å². The van der Waals surface area contributed by atoms with E-state index in [-0.39, 0.29) is 6.42 Å². The first kappa shape index (κ1) is 19.6. The van der Waals surface area contributed by atoms with Gasteiger partial charge in [0.15, 0.2) is 0 Å². The van der Waals surface area contributed by atoms with Crippen LogP contribution in [0, 0.1) is 24.7 Å². The summed E-state index contributed by atoms with van der Waals surface area (Å²) in [5.74, 6) is -9.12. The Morgan fingerprint density at radius 3 is 2.34 bits per heavy atom. The van der Waals surface area contributed by atoms with Crippen molar-refractivity contribution in [3.05, 3.63) is 34.9 Å². The molecule has 0 bridgehead atoms. The smallest absolute Gasteiger partial charge is 0.393 e. The summed E-state index contributed by atoms with van der Waals surface area (Å²) in [6.45, 7) is 0.779. The van der Waals surface area contributed by atoms with Crippen LogP contribution < -0.4 is 0 Å². The van der Waals surface area contributed by atoms with E-state index in [1.165, 1.54) is 0 Å². The second-order valence-corrected chi connectivity index (χ2v) is 7.43. The first-order valence-electron chi connectivity index (χ1n) is 8.88.